The van der Waals surface area contributed by atoms with Crippen molar-refractivity contribution in [2.75, 3.05) is 5.32 Å². The van der Waals surface area contributed by atoms with Crippen molar-refractivity contribution in [3.05, 3.63) is 71.2 Å². The van der Waals surface area contributed by atoms with E-state index in [4.69, 9.17) is 0 Å². The van der Waals surface area contributed by atoms with Gasteiger partial charge in [-0.3, -0.25) is 10.1 Å². The molecule has 1 aliphatic rings. The Labute approximate surface area is 173 Å². The van der Waals surface area contributed by atoms with Gasteiger partial charge in [0.2, 0.25) is 5.95 Å². The zero-order chi connectivity index (χ0) is 21.5. The molecular formula is C20H16F3N7O. The molecule has 11 heteroatoms. The number of anilines is 1. The zero-order valence-corrected chi connectivity index (χ0v) is 16.0. The van der Waals surface area contributed by atoms with Gasteiger partial charge in [0.15, 0.2) is 11.3 Å². The van der Waals surface area contributed by atoms with Crippen LogP contribution in [0.1, 0.15) is 52.6 Å². The summed E-state index contributed by atoms with van der Waals surface area (Å²) in [4.78, 5) is 20.9. The van der Waals surface area contributed by atoms with Gasteiger partial charge >= 0.3 is 0 Å². The van der Waals surface area contributed by atoms with Crippen LogP contribution in [0.4, 0.5) is 19.1 Å². The Morgan fingerprint density at radius 2 is 2.03 bits per heavy atom. The van der Waals surface area contributed by atoms with Gasteiger partial charge in [-0.15, -0.1) is 5.10 Å². The minimum atomic E-state index is -2.75. The number of fused-ring (bicyclic) bond motifs is 1. The summed E-state index contributed by atoms with van der Waals surface area (Å²) in [6.45, 7) is 0.264. The Morgan fingerprint density at radius 3 is 2.77 bits per heavy atom. The number of nitrogens with one attached hydrogen (secondary N) is 1. The topological polar surface area (TPSA) is 90.0 Å². The van der Waals surface area contributed by atoms with Crippen LogP contribution < -0.4 is 5.32 Å². The van der Waals surface area contributed by atoms with E-state index < -0.39 is 12.3 Å². The molecule has 0 spiro atoms. The highest BCUT2D eigenvalue weighted by molar-refractivity contribution is 6.02. The fraction of sp³-hybridized carbons (Fsp3) is 0.250. The van der Waals surface area contributed by atoms with E-state index in [1.165, 1.54) is 35.3 Å². The first-order chi connectivity index (χ1) is 15.0. The maximum absolute atomic E-state index is 13.5. The van der Waals surface area contributed by atoms with Crippen LogP contribution in [-0.4, -0.2) is 35.3 Å². The van der Waals surface area contributed by atoms with Crippen molar-refractivity contribution in [2.45, 2.75) is 31.7 Å². The quantitative estimate of drug-likeness (QED) is 0.508. The molecule has 0 saturated heterocycles. The molecule has 158 valence electrons. The van der Waals surface area contributed by atoms with Crippen LogP contribution in [0, 0.1) is 5.82 Å². The van der Waals surface area contributed by atoms with Crippen molar-refractivity contribution in [1.29, 1.82) is 0 Å². The number of carbonyl (C=O) groups excluding carboxylic acids is 1. The molecule has 1 saturated carbocycles. The first-order valence-electron chi connectivity index (χ1n) is 9.60. The van der Waals surface area contributed by atoms with Gasteiger partial charge in [-0.2, -0.15) is 5.10 Å². The second-order valence-corrected chi connectivity index (χ2v) is 7.33. The zero-order valence-electron chi connectivity index (χ0n) is 16.0. The fourth-order valence-corrected chi connectivity index (χ4v) is 3.29. The van der Waals surface area contributed by atoms with Crippen LogP contribution in [0.5, 0.6) is 0 Å². The molecule has 0 atom stereocenters. The smallest absolute Gasteiger partial charge is 0.280 e. The third-order valence-electron chi connectivity index (χ3n) is 4.92. The number of rotatable bonds is 6. The third-order valence-corrected chi connectivity index (χ3v) is 4.92. The summed E-state index contributed by atoms with van der Waals surface area (Å²) in [6, 6.07) is 8.75. The summed E-state index contributed by atoms with van der Waals surface area (Å²) in [7, 11) is 0. The summed E-state index contributed by atoms with van der Waals surface area (Å²) in [5.41, 5.74) is 1.08. The average molecular weight is 427 g/mol. The number of halogens is 3. The van der Waals surface area contributed by atoms with Gasteiger partial charge in [-0.25, -0.2) is 32.3 Å². The minimum absolute atomic E-state index is 0.0131. The molecule has 1 aliphatic carbocycles. The summed E-state index contributed by atoms with van der Waals surface area (Å²) >= 11 is 0. The second kappa shape index (κ2) is 7.49. The highest BCUT2D eigenvalue weighted by atomic mass is 19.3. The van der Waals surface area contributed by atoms with E-state index in [1.807, 2.05) is 0 Å². The van der Waals surface area contributed by atoms with Crippen LogP contribution in [0.3, 0.4) is 0 Å². The number of alkyl halides is 2. The predicted octanol–water partition coefficient (Wildman–Crippen LogP) is 3.58. The number of aromatic nitrogens is 6. The first-order valence-corrected chi connectivity index (χ1v) is 9.60. The average Bonchev–Trinajstić information content (AvgIpc) is 3.35. The van der Waals surface area contributed by atoms with Gasteiger partial charge in [0.05, 0.1) is 6.54 Å². The van der Waals surface area contributed by atoms with Crippen molar-refractivity contribution in [1.82, 2.24) is 29.4 Å². The molecular weight excluding hydrogens is 411 g/mol. The summed E-state index contributed by atoms with van der Waals surface area (Å²) in [6.07, 6.45) is 0.468. The number of carbonyl (C=O) groups is 1. The Balaban J connectivity index is 1.36. The van der Waals surface area contributed by atoms with Gasteiger partial charge in [0, 0.05) is 17.7 Å². The maximum Gasteiger partial charge on any atom is 0.280 e. The van der Waals surface area contributed by atoms with Crippen molar-refractivity contribution >= 4 is 17.5 Å². The molecule has 1 fully saturated rings. The summed E-state index contributed by atoms with van der Waals surface area (Å²) < 4.78 is 42.7. The predicted molar refractivity (Wildman–Crippen MR) is 103 cm³/mol. The Kier molecular flexibility index (Phi) is 4.64. The molecule has 5 rings (SSSR count). The number of amides is 1. The van der Waals surface area contributed by atoms with Crippen LogP contribution in [-0.2, 0) is 6.54 Å². The normalized spacial score (nSPS) is 13.8. The molecule has 0 aliphatic heterocycles. The molecule has 31 heavy (non-hydrogen) atoms. The van der Waals surface area contributed by atoms with E-state index in [0.717, 1.165) is 17.4 Å². The molecule has 0 radical (unpaired) electrons. The molecule has 1 aromatic carbocycles. The highest BCUT2D eigenvalue weighted by Crippen LogP contribution is 2.40. The van der Waals surface area contributed by atoms with Gasteiger partial charge < -0.3 is 0 Å². The van der Waals surface area contributed by atoms with Crippen LogP contribution in [0.15, 0.2) is 42.7 Å². The molecule has 0 bridgehead atoms. The number of hydrogen-bond acceptors (Lipinski definition) is 5. The molecule has 1 N–H and O–H groups in total. The van der Waals surface area contributed by atoms with E-state index in [2.05, 4.69) is 25.5 Å². The molecule has 3 aromatic heterocycles. The number of benzene rings is 1. The standard InChI is InChI=1S/C20H16F3N7O/c21-13-3-1-2-11(6-13)9-29-10-24-20(28-29)26-19(31)15-8-17-25-14(12-4-5-12)7-16(18(22)23)30(17)27-15/h1-3,6-8,10,12,18H,4-5,9H2,(H,26,28,31). The van der Waals surface area contributed by atoms with E-state index in [1.54, 1.807) is 12.1 Å². The Hall–Kier alpha value is -3.76. The van der Waals surface area contributed by atoms with Crippen molar-refractivity contribution in [3.63, 3.8) is 0 Å². The Morgan fingerprint density at radius 1 is 1.19 bits per heavy atom. The van der Waals surface area contributed by atoms with E-state index in [9.17, 15) is 18.0 Å². The SMILES string of the molecule is O=C(Nc1ncn(Cc2cccc(F)c2)n1)c1cc2nc(C3CC3)cc(C(F)F)n2n1. The number of hydrogen-bond donors (Lipinski definition) is 1. The second-order valence-electron chi connectivity index (χ2n) is 7.33. The van der Waals surface area contributed by atoms with Crippen molar-refractivity contribution in [3.8, 4) is 0 Å². The summed E-state index contributed by atoms with van der Waals surface area (Å²) in [5.74, 6) is -0.818. The molecule has 0 unspecified atom stereocenters. The lowest BCUT2D eigenvalue weighted by Gasteiger charge is -2.06. The monoisotopic (exact) mass is 427 g/mol. The molecule has 3 heterocycles. The van der Waals surface area contributed by atoms with Gasteiger partial charge in [-0.1, -0.05) is 12.1 Å². The van der Waals surface area contributed by atoms with Gasteiger partial charge in [-0.05, 0) is 36.6 Å². The fourth-order valence-electron chi connectivity index (χ4n) is 3.29. The van der Waals surface area contributed by atoms with Gasteiger partial charge in [0.1, 0.15) is 17.8 Å². The lowest BCUT2D eigenvalue weighted by atomic mass is 10.2. The highest BCUT2D eigenvalue weighted by Gasteiger charge is 2.28. The van der Waals surface area contributed by atoms with Crippen molar-refractivity contribution in [2.24, 2.45) is 0 Å². The molecule has 1 amide bonds. The van der Waals surface area contributed by atoms with E-state index in [-0.39, 0.29) is 41.3 Å². The lowest BCUT2D eigenvalue weighted by molar-refractivity contribution is 0.102. The van der Waals surface area contributed by atoms with Crippen LogP contribution >= 0.6 is 0 Å². The minimum Gasteiger partial charge on any atom is -0.288 e. The summed E-state index contributed by atoms with van der Waals surface area (Å²) in [5, 5.41) is 10.6. The molecule has 8 nitrogen and oxygen atoms in total. The van der Waals surface area contributed by atoms with Crippen LogP contribution in [0.2, 0.25) is 0 Å². The number of nitrogens with zero attached hydrogens (tertiary/aromatic N) is 6. The van der Waals surface area contributed by atoms with Gasteiger partial charge in [0.25, 0.3) is 12.3 Å². The molecule has 4 aromatic rings. The largest absolute Gasteiger partial charge is 0.288 e. The Bertz CT molecular complexity index is 1280. The lowest BCUT2D eigenvalue weighted by Crippen LogP contribution is -2.14. The van der Waals surface area contributed by atoms with Crippen LogP contribution in [0.25, 0.3) is 5.65 Å². The van der Waals surface area contributed by atoms with E-state index >= 15 is 0 Å². The van der Waals surface area contributed by atoms with E-state index in [0.29, 0.717) is 11.3 Å². The maximum atomic E-state index is 13.5. The third kappa shape index (κ3) is 3.98. The first kappa shape index (κ1) is 19.2. The van der Waals surface area contributed by atoms with Crippen molar-refractivity contribution < 1.29 is 18.0 Å².